The Bertz CT molecular complexity index is 186. The molecule has 0 saturated heterocycles. The lowest BCUT2D eigenvalue weighted by molar-refractivity contribution is -0.139. The maximum atomic E-state index is 10.7. The molecule has 0 aliphatic heterocycles. The van der Waals surface area contributed by atoms with Gasteiger partial charge in [0.2, 0.25) is 5.91 Å². The predicted molar refractivity (Wildman–Crippen MR) is 52.8 cm³/mol. The lowest BCUT2D eigenvalue weighted by Crippen LogP contribution is -2.43. The van der Waals surface area contributed by atoms with Crippen molar-refractivity contribution in [2.45, 2.75) is 32.7 Å². The molecule has 0 rings (SSSR count). The van der Waals surface area contributed by atoms with Crippen molar-refractivity contribution in [3.63, 3.8) is 0 Å². The Morgan fingerprint density at radius 1 is 1.29 bits per heavy atom. The van der Waals surface area contributed by atoms with Gasteiger partial charge < -0.3 is 10.8 Å². The molecule has 0 aromatic carbocycles. The molecule has 3 N–H and O–H groups in total. The molecular formula is C9H18N2O3. The SMILES string of the molecule is CCC(CC)N(CC(N)=O)CC(=O)O. The molecule has 0 aromatic heterocycles. The standard InChI is InChI=1S/C9H18N2O3/c1-3-7(4-2)11(5-8(10)12)6-9(13)14/h7H,3-6H2,1-2H3,(H2,10,12)(H,13,14). The van der Waals surface area contributed by atoms with Gasteiger partial charge in [-0.05, 0) is 12.8 Å². The molecule has 0 spiro atoms. The highest BCUT2D eigenvalue weighted by Gasteiger charge is 2.19. The zero-order valence-corrected chi connectivity index (χ0v) is 8.69. The Hall–Kier alpha value is -1.10. The summed E-state index contributed by atoms with van der Waals surface area (Å²) in [5.41, 5.74) is 5.04. The van der Waals surface area contributed by atoms with Gasteiger partial charge in [-0.15, -0.1) is 0 Å². The molecule has 5 nitrogen and oxygen atoms in total. The number of nitrogens with zero attached hydrogens (tertiary/aromatic N) is 1. The van der Waals surface area contributed by atoms with E-state index in [1.54, 1.807) is 4.90 Å². The fourth-order valence-electron chi connectivity index (χ4n) is 1.49. The zero-order chi connectivity index (χ0) is 11.1. The van der Waals surface area contributed by atoms with Crippen LogP contribution in [0.3, 0.4) is 0 Å². The van der Waals surface area contributed by atoms with E-state index in [-0.39, 0.29) is 19.1 Å². The fraction of sp³-hybridized carbons (Fsp3) is 0.778. The van der Waals surface area contributed by atoms with Crippen molar-refractivity contribution in [3.8, 4) is 0 Å². The van der Waals surface area contributed by atoms with Crippen LogP contribution in [0.2, 0.25) is 0 Å². The first-order valence-corrected chi connectivity index (χ1v) is 4.75. The van der Waals surface area contributed by atoms with Crippen LogP contribution in [-0.2, 0) is 9.59 Å². The van der Waals surface area contributed by atoms with Gasteiger partial charge >= 0.3 is 5.97 Å². The average Bonchev–Trinajstić information content (AvgIpc) is 2.03. The van der Waals surface area contributed by atoms with Gasteiger partial charge in [-0.2, -0.15) is 0 Å². The van der Waals surface area contributed by atoms with Gasteiger partial charge in [0.15, 0.2) is 0 Å². The molecule has 5 heteroatoms. The van der Waals surface area contributed by atoms with E-state index in [0.29, 0.717) is 0 Å². The fourth-order valence-corrected chi connectivity index (χ4v) is 1.49. The van der Waals surface area contributed by atoms with Crippen LogP contribution in [0.25, 0.3) is 0 Å². The van der Waals surface area contributed by atoms with E-state index in [1.165, 1.54) is 0 Å². The summed E-state index contributed by atoms with van der Waals surface area (Å²) < 4.78 is 0. The smallest absolute Gasteiger partial charge is 0.317 e. The molecule has 0 bridgehead atoms. The molecule has 0 atom stereocenters. The quantitative estimate of drug-likeness (QED) is 0.611. The summed E-state index contributed by atoms with van der Waals surface area (Å²) in [4.78, 5) is 22.9. The van der Waals surface area contributed by atoms with Gasteiger partial charge in [-0.1, -0.05) is 13.8 Å². The topological polar surface area (TPSA) is 83.6 Å². The summed E-state index contributed by atoms with van der Waals surface area (Å²) in [5.74, 6) is -1.42. The largest absolute Gasteiger partial charge is 0.480 e. The van der Waals surface area contributed by atoms with Crippen LogP contribution in [-0.4, -0.2) is 41.0 Å². The van der Waals surface area contributed by atoms with E-state index < -0.39 is 11.9 Å². The molecule has 14 heavy (non-hydrogen) atoms. The molecule has 0 aliphatic rings. The Morgan fingerprint density at radius 3 is 2.07 bits per heavy atom. The van der Waals surface area contributed by atoms with E-state index in [4.69, 9.17) is 10.8 Å². The number of carbonyl (C=O) groups excluding carboxylic acids is 1. The molecule has 0 heterocycles. The van der Waals surface area contributed by atoms with E-state index in [1.807, 2.05) is 13.8 Å². The number of amides is 1. The second-order valence-corrected chi connectivity index (χ2v) is 3.24. The van der Waals surface area contributed by atoms with Crippen LogP contribution >= 0.6 is 0 Å². The van der Waals surface area contributed by atoms with Crippen LogP contribution < -0.4 is 5.73 Å². The van der Waals surface area contributed by atoms with E-state index in [9.17, 15) is 9.59 Å². The van der Waals surface area contributed by atoms with Gasteiger partial charge in [-0.25, -0.2) is 0 Å². The molecule has 82 valence electrons. The number of carbonyl (C=O) groups is 2. The Balaban J connectivity index is 4.35. The van der Waals surface area contributed by atoms with Crippen LogP contribution in [0.15, 0.2) is 0 Å². The summed E-state index contributed by atoms with van der Waals surface area (Å²) in [6.45, 7) is 3.81. The van der Waals surface area contributed by atoms with Crippen molar-refractivity contribution >= 4 is 11.9 Å². The van der Waals surface area contributed by atoms with Gasteiger partial charge in [-0.3, -0.25) is 14.5 Å². The first-order valence-electron chi connectivity index (χ1n) is 4.75. The van der Waals surface area contributed by atoms with Crippen LogP contribution in [0.4, 0.5) is 0 Å². The number of hydrogen-bond acceptors (Lipinski definition) is 3. The summed E-state index contributed by atoms with van der Waals surface area (Å²) in [7, 11) is 0. The van der Waals surface area contributed by atoms with Crippen molar-refractivity contribution in [1.29, 1.82) is 0 Å². The Kier molecular flexibility index (Phi) is 5.87. The minimum Gasteiger partial charge on any atom is -0.480 e. The second kappa shape index (κ2) is 6.37. The van der Waals surface area contributed by atoms with E-state index >= 15 is 0 Å². The lowest BCUT2D eigenvalue weighted by Gasteiger charge is -2.27. The highest BCUT2D eigenvalue weighted by molar-refractivity contribution is 5.77. The summed E-state index contributed by atoms with van der Waals surface area (Å²) >= 11 is 0. The number of carboxylic acids is 1. The molecule has 0 aliphatic carbocycles. The van der Waals surface area contributed by atoms with E-state index in [2.05, 4.69) is 0 Å². The van der Waals surface area contributed by atoms with Crippen molar-refractivity contribution in [1.82, 2.24) is 4.90 Å². The van der Waals surface area contributed by atoms with Gasteiger partial charge in [0.05, 0.1) is 13.1 Å². The van der Waals surface area contributed by atoms with Gasteiger partial charge in [0.1, 0.15) is 0 Å². The highest BCUT2D eigenvalue weighted by atomic mass is 16.4. The maximum Gasteiger partial charge on any atom is 0.317 e. The number of aliphatic carboxylic acids is 1. The average molecular weight is 202 g/mol. The number of primary amides is 1. The van der Waals surface area contributed by atoms with Gasteiger partial charge in [0.25, 0.3) is 0 Å². The van der Waals surface area contributed by atoms with Crippen LogP contribution in [0, 0.1) is 0 Å². The second-order valence-electron chi connectivity index (χ2n) is 3.24. The summed E-state index contributed by atoms with van der Waals surface area (Å²) in [6.07, 6.45) is 1.63. The number of rotatable bonds is 7. The minimum absolute atomic E-state index is 0.0125. The first kappa shape index (κ1) is 12.9. The summed E-state index contributed by atoms with van der Waals surface area (Å²) in [5, 5.41) is 8.64. The predicted octanol–water partition coefficient (Wildman–Crippen LogP) is 0.0469. The minimum atomic E-state index is -0.932. The molecule has 0 unspecified atom stereocenters. The van der Waals surface area contributed by atoms with Gasteiger partial charge in [0, 0.05) is 6.04 Å². The van der Waals surface area contributed by atoms with Crippen molar-refractivity contribution in [3.05, 3.63) is 0 Å². The van der Waals surface area contributed by atoms with Crippen LogP contribution in [0.5, 0.6) is 0 Å². The Labute approximate surface area is 83.9 Å². The Morgan fingerprint density at radius 2 is 1.79 bits per heavy atom. The van der Waals surface area contributed by atoms with E-state index in [0.717, 1.165) is 12.8 Å². The highest BCUT2D eigenvalue weighted by Crippen LogP contribution is 2.07. The van der Waals surface area contributed by atoms with Crippen molar-refractivity contribution in [2.24, 2.45) is 5.73 Å². The third-order valence-corrected chi connectivity index (χ3v) is 2.16. The molecular weight excluding hydrogens is 184 g/mol. The molecule has 1 amide bonds. The zero-order valence-electron chi connectivity index (χ0n) is 8.69. The monoisotopic (exact) mass is 202 g/mol. The third-order valence-electron chi connectivity index (χ3n) is 2.16. The number of carboxylic acid groups (broad SMARTS) is 1. The lowest BCUT2D eigenvalue weighted by atomic mass is 10.1. The first-order chi connectivity index (χ1) is 6.51. The number of hydrogen-bond donors (Lipinski definition) is 2. The molecule has 0 radical (unpaired) electrons. The van der Waals surface area contributed by atoms with Crippen LogP contribution in [0.1, 0.15) is 26.7 Å². The molecule has 0 fully saturated rings. The van der Waals surface area contributed by atoms with Crippen molar-refractivity contribution in [2.75, 3.05) is 13.1 Å². The molecule has 0 aromatic rings. The number of nitrogens with two attached hydrogens (primary N) is 1. The van der Waals surface area contributed by atoms with Crippen molar-refractivity contribution < 1.29 is 14.7 Å². The molecule has 0 saturated carbocycles. The third kappa shape index (κ3) is 4.81. The maximum absolute atomic E-state index is 10.7. The summed E-state index contributed by atoms with van der Waals surface area (Å²) in [6, 6.07) is 0.110. The normalized spacial score (nSPS) is 10.9.